The van der Waals surface area contributed by atoms with Crippen LogP contribution in [0.3, 0.4) is 0 Å². The van der Waals surface area contributed by atoms with E-state index in [4.69, 9.17) is 18.9 Å². The Balaban J connectivity index is 1.87. The molecule has 1 N–H and O–H groups in total. The summed E-state index contributed by atoms with van der Waals surface area (Å²) in [6.07, 6.45) is 0.0419. The van der Waals surface area contributed by atoms with Gasteiger partial charge < -0.3 is 28.7 Å². The summed E-state index contributed by atoms with van der Waals surface area (Å²) in [7, 11) is -0.915. The normalized spacial score (nSPS) is 16.6. The van der Waals surface area contributed by atoms with Crippen LogP contribution < -0.4 is 14.2 Å². The van der Waals surface area contributed by atoms with Crippen molar-refractivity contribution in [1.29, 1.82) is 0 Å². The quantitative estimate of drug-likeness (QED) is 0.164. The van der Waals surface area contributed by atoms with E-state index in [-0.39, 0.29) is 42.8 Å². The Morgan fingerprint density at radius 3 is 2.43 bits per heavy atom. The van der Waals surface area contributed by atoms with Crippen LogP contribution in [0.4, 0.5) is 10.5 Å². The zero-order chi connectivity index (χ0) is 34.9. The highest BCUT2D eigenvalue weighted by Gasteiger charge is 2.41. The molecule has 0 radical (unpaired) electrons. The monoisotopic (exact) mass is 678 g/mol. The van der Waals surface area contributed by atoms with Crippen molar-refractivity contribution in [2.45, 2.75) is 64.5 Å². The van der Waals surface area contributed by atoms with Crippen LogP contribution in [-0.4, -0.2) is 99.9 Å². The minimum atomic E-state index is -4.03. The Morgan fingerprint density at radius 2 is 1.81 bits per heavy atom. The lowest BCUT2D eigenvalue weighted by Gasteiger charge is -2.31. The van der Waals surface area contributed by atoms with Gasteiger partial charge in [-0.2, -0.15) is 0 Å². The van der Waals surface area contributed by atoms with Crippen molar-refractivity contribution in [2.24, 2.45) is 5.92 Å². The fourth-order valence-electron chi connectivity index (χ4n) is 5.17. The fraction of sp³-hybridized carbons (Fsp3) is 0.562. The van der Waals surface area contributed by atoms with E-state index < -0.39 is 44.4 Å². The van der Waals surface area contributed by atoms with Gasteiger partial charge in [-0.1, -0.05) is 12.1 Å². The van der Waals surface area contributed by atoms with Crippen molar-refractivity contribution >= 4 is 27.7 Å². The highest BCUT2D eigenvalue weighted by atomic mass is 32.2. The largest absolute Gasteiger partial charge is 0.493 e. The number of nitrogens with zero attached hydrogens (tertiary/aromatic N) is 3. The van der Waals surface area contributed by atoms with Gasteiger partial charge in [0, 0.05) is 75.5 Å². The van der Waals surface area contributed by atoms with Crippen molar-refractivity contribution in [3.8, 4) is 11.5 Å². The van der Waals surface area contributed by atoms with Crippen LogP contribution in [0, 0.1) is 16.0 Å². The number of nitro benzene ring substituents is 1. The SMILES string of the molecule is COCCCOc1cc(C(=O)N(C[C@@H]2CN(C(=O)OC(C)(C)C)C[C@H]2NS(=O)(=O)Cc2cccc([N+](=O)[O-])c2)C(C)C)ccc1OC. The Labute approximate surface area is 276 Å². The Hall–Kier alpha value is -3.95. The molecule has 0 spiro atoms. The van der Waals surface area contributed by atoms with Crippen LogP contribution in [-0.2, 0) is 25.2 Å². The maximum Gasteiger partial charge on any atom is 0.410 e. The number of carbonyl (C=O) groups excluding carboxylic acids is 2. The molecule has 0 aliphatic carbocycles. The number of carbonyl (C=O) groups is 2. The summed E-state index contributed by atoms with van der Waals surface area (Å²) in [5.41, 5.74) is -0.403. The van der Waals surface area contributed by atoms with Crippen molar-refractivity contribution in [3.63, 3.8) is 0 Å². The fourth-order valence-corrected chi connectivity index (χ4v) is 6.60. The average Bonchev–Trinajstić information content (AvgIpc) is 3.38. The van der Waals surface area contributed by atoms with Gasteiger partial charge in [-0.15, -0.1) is 0 Å². The van der Waals surface area contributed by atoms with E-state index >= 15 is 0 Å². The van der Waals surface area contributed by atoms with E-state index in [9.17, 15) is 28.1 Å². The molecule has 3 rings (SSSR count). The van der Waals surface area contributed by atoms with Crippen molar-refractivity contribution in [1.82, 2.24) is 14.5 Å². The molecule has 0 bridgehead atoms. The predicted molar refractivity (Wildman–Crippen MR) is 175 cm³/mol. The van der Waals surface area contributed by atoms with E-state index in [1.54, 1.807) is 51.0 Å². The minimum absolute atomic E-state index is 0.00979. The van der Waals surface area contributed by atoms with E-state index in [2.05, 4.69) is 4.72 Å². The Morgan fingerprint density at radius 1 is 1.09 bits per heavy atom. The predicted octanol–water partition coefficient (Wildman–Crippen LogP) is 4.22. The van der Waals surface area contributed by atoms with Crippen molar-refractivity contribution in [3.05, 3.63) is 63.7 Å². The molecule has 260 valence electrons. The van der Waals surface area contributed by atoms with Crippen LogP contribution in [0.2, 0.25) is 0 Å². The van der Waals surface area contributed by atoms with Gasteiger partial charge in [-0.05, 0) is 58.4 Å². The lowest BCUT2D eigenvalue weighted by molar-refractivity contribution is -0.384. The minimum Gasteiger partial charge on any atom is -0.493 e. The second kappa shape index (κ2) is 16.2. The first-order chi connectivity index (χ1) is 22.0. The van der Waals surface area contributed by atoms with Gasteiger partial charge in [0.05, 0.1) is 24.4 Å². The number of non-ortho nitro benzene ring substituents is 1. The Kier molecular flexibility index (Phi) is 13.0. The number of benzene rings is 2. The smallest absolute Gasteiger partial charge is 0.410 e. The molecule has 2 amide bonds. The highest BCUT2D eigenvalue weighted by molar-refractivity contribution is 7.88. The lowest BCUT2D eigenvalue weighted by atomic mass is 10.0. The molecule has 2 aromatic carbocycles. The molecule has 1 aliphatic rings. The molecule has 0 saturated carbocycles. The third-order valence-electron chi connectivity index (χ3n) is 7.38. The highest BCUT2D eigenvalue weighted by Crippen LogP contribution is 2.30. The number of nitro groups is 1. The zero-order valence-corrected chi connectivity index (χ0v) is 28.9. The molecule has 1 heterocycles. The van der Waals surface area contributed by atoms with Crippen LogP contribution in [0.1, 0.15) is 57.0 Å². The summed E-state index contributed by atoms with van der Waals surface area (Å²) in [6, 6.07) is 9.27. The average molecular weight is 679 g/mol. The first kappa shape index (κ1) is 37.5. The second-order valence-electron chi connectivity index (χ2n) is 12.7. The molecule has 1 saturated heterocycles. The van der Waals surface area contributed by atoms with Crippen LogP contribution in [0.25, 0.3) is 0 Å². The summed E-state index contributed by atoms with van der Waals surface area (Å²) >= 11 is 0. The number of likely N-dealkylation sites (tertiary alicyclic amines) is 1. The molecule has 1 aliphatic heterocycles. The van der Waals surface area contributed by atoms with Gasteiger partial charge >= 0.3 is 6.09 Å². The van der Waals surface area contributed by atoms with Crippen LogP contribution >= 0.6 is 0 Å². The maximum absolute atomic E-state index is 13.9. The van der Waals surface area contributed by atoms with Crippen LogP contribution in [0.5, 0.6) is 11.5 Å². The third kappa shape index (κ3) is 11.1. The topological polar surface area (TPSA) is 167 Å². The summed E-state index contributed by atoms with van der Waals surface area (Å²) in [6.45, 7) is 10.1. The van der Waals surface area contributed by atoms with Gasteiger partial charge in [0.15, 0.2) is 11.5 Å². The number of methoxy groups -OCH3 is 2. The second-order valence-corrected chi connectivity index (χ2v) is 14.4. The molecule has 14 nitrogen and oxygen atoms in total. The lowest BCUT2D eigenvalue weighted by Crippen LogP contribution is -2.47. The van der Waals surface area contributed by atoms with Gasteiger partial charge in [0.25, 0.3) is 11.6 Å². The van der Waals surface area contributed by atoms with Gasteiger partial charge in [0.1, 0.15) is 5.60 Å². The maximum atomic E-state index is 13.9. The van der Waals surface area contributed by atoms with E-state index in [0.717, 1.165) is 0 Å². The summed E-state index contributed by atoms with van der Waals surface area (Å²) in [5.74, 6) is -0.440. The third-order valence-corrected chi connectivity index (χ3v) is 8.75. The van der Waals surface area contributed by atoms with Crippen LogP contribution in [0.15, 0.2) is 42.5 Å². The Bertz CT molecular complexity index is 1510. The number of sulfonamides is 1. The molecule has 0 unspecified atom stereocenters. The standard InChI is InChI=1S/C32H46N4O10S/c1-22(2)35(30(37)24-12-13-28(44-7)29(17-24)45-15-9-14-43-6)19-25-18-34(31(38)46-32(3,4)5)20-27(25)33-47(41,42)21-23-10-8-11-26(16-23)36(39)40/h8,10-13,16-17,22,25,27,33H,9,14-15,18-21H2,1-7H3/t25-,27+/m0/s1. The molecule has 0 aromatic heterocycles. The van der Waals surface area contributed by atoms with E-state index in [1.807, 2.05) is 13.8 Å². The molecule has 15 heteroatoms. The number of rotatable bonds is 15. The summed E-state index contributed by atoms with van der Waals surface area (Å²) < 4.78 is 51.3. The van der Waals surface area contributed by atoms with Crippen molar-refractivity contribution in [2.75, 3.05) is 47.1 Å². The zero-order valence-electron chi connectivity index (χ0n) is 28.1. The molecule has 47 heavy (non-hydrogen) atoms. The summed E-state index contributed by atoms with van der Waals surface area (Å²) in [5, 5.41) is 11.2. The number of hydrogen-bond donors (Lipinski definition) is 1. The molecular weight excluding hydrogens is 632 g/mol. The van der Waals surface area contributed by atoms with E-state index in [0.29, 0.717) is 36.7 Å². The first-order valence-corrected chi connectivity index (χ1v) is 17.0. The van der Waals surface area contributed by atoms with Gasteiger partial charge in [-0.25, -0.2) is 17.9 Å². The first-order valence-electron chi connectivity index (χ1n) is 15.4. The molecular formula is C32H46N4O10S. The number of hydrogen-bond acceptors (Lipinski definition) is 10. The van der Waals surface area contributed by atoms with Gasteiger partial charge in [-0.3, -0.25) is 14.9 Å². The molecule has 1 fully saturated rings. The van der Waals surface area contributed by atoms with E-state index in [1.165, 1.54) is 36.3 Å². The number of amides is 2. The van der Waals surface area contributed by atoms with Crippen molar-refractivity contribution < 1.29 is 41.9 Å². The van der Waals surface area contributed by atoms with Gasteiger partial charge in [0.2, 0.25) is 10.0 Å². The number of nitrogens with one attached hydrogen (secondary N) is 1. The molecule has 2 aromatic rings. The molecule has 2 atom stereocenters. The summed E-state index contributed by atoms with van der Waals surface area (Å²) in [4.78, 5) is 40.7. The number of ether oxygens (including phenoxy) is 4.